The lowest BCUT2D eigenvalue weighted by molar-refractivity contribution is 0.541. The van der Waals surface area contributed by atoms with Gasteiger partial charge in [-0.1, -0.05) is 18.2 Å². The molecule has 31 heavy (non-hydrogen) atoms. The molecule has 0 spiro atoms. The second kappa shape index (κ2) is 7.58. The molecule has 160 valence electrons. The fourth-order valence-electron chi connectivity index (χ4n) is 4.35. The van der Waals surface area contributed by atoms with Crippen molar-refractivity contribution in [1.29, 1.82) is 0 Å². The van der Waals surface area contributed by atoms with Crippen LogP contribution in [0.15, 0.2) is 42.7 Å². The number of anilines is 1. The Hall–Kier alpha value is -3.04. The molecule has 0 radical (unpaired) electrons. The Bertz CT molecular complexity index is 1380. The normalized spacial score (nSPS) is 16.8. The van der Waals surface area contributed by atoms with Crippen LogP contribution in [0.3, 0.4) is 0 Å². The van der Waals surface area contributed by atoms with Crippen molar-refractivity contribution >= 4 is 32.2 Å². The van der Waals surface area contributed by atoms with E-state index in [4.69, 9.17) is 10.7 Å². The molecule has 5 rings (SSSR count). The number of rotatable bonds is 4. The Morgan fingerprint density at radius 3 is 2.74 bits per heavy atom. The highest BCUT2D eigenvalue weighted by Gasteiger charge is 2.29. The second-order valence-electron chi connectivity index (χ2n) is 8.03. The smallest absolute Gasteiger partial charge is 0.165 e. The second-order valence-corrected chi connectivity index (χ2v) is 10.3. The molecule has 3 aromatic heterocycles. The molecule has 0 unspecified atom stereocenters. The van der Waals surface area contributed by atoms with Crippen LogP contribution in [0.5, 0.6) is 0 Å². The molecule has 9 heteroatoms. The molecule has 1 fully saturated rings. The maximum Gasteiger partial charge on any atom is 0.165 e. The molecular formula is C22H24N6O2S. The number of sulfone groups is 1. The first-order valence-corrected chi connectivity index (χ1v) is 12.1. The van der Waals surface area contributed by atoms with Gasteiger partial charge in [-0.2, -0.15) is 9.61 Å². The predicted octanol–water partition coefficient (Wildman–Crippen LogP) is 2.54. The monoisotopic (exact) mass is 436 g/mol. The summed E-state index contributed by atoms with van der Waals surface area (Å²) >= 11 is 0. The van der Waals surface area contributed by atoms with Crippen LogP contribution in [0, 0.1) is 0 Å². The van der Waals surface area contributed by atoms with Crippen LogP contribution in [0.25, 0.3) is 27.7 Å². The first kappa shape index (κ1) is 19.9. The summed E-state index contributed by atoms with van der Waals surface area (Å²) < 4.78 is 25.6. The molecule has 4 heterocycles. The number of nitrogens with one attached hydrogen (secondary N) is 1. The number of benzene rings is 1. The Labute approximate surface area is 180 Å². The van der Waals surface area contributed by atoms with Crippen molar-refractivity contribution in [3.63, 3.8) is 0 Å². The number of hydrogen-bond acceptors (Lipinski definition) is 7. The van der Waals surface area contributed by atoms with Gasteiger partial charge in [-0.05, 0) is 32.0 Å². The van der Waals surface area contributed by atoms with Crippen LogP contribution in [-0.4, -0.2) is 46.6 Å². The summed E-state index contributed by atoms with van der Waals surface area (Å²) in [5.41, 5.74) is 11.6. The molecule has 0 amide bonds. The first-order valence-electron chi connectivity index (χ1n) is 10.3. The zero-order valence-electron chi connectivity index (χ0n) is 17.2. The lowest BCUT2D eigenvalue weighted by Crippen LogP contribution is -2.25. The molecule has 1 aromatic carbocycles. The van der Waals surface area contributed by atoms with E-state index < -0.39 is 9.84 Å². The Balaban J connectivity index is 1.67. The third-order valence-corrected chi connectivity index (χ3v) is 7.73. The van der Waals surface area contributed by atoms with E-state index in [-0.39, 0.29) is 17.4 Å². The minimum Gasteiger partial charge on any atom is -0.383 e. The minimum atomic E-state index is -2.96. The summed E-state index contributed by atoms with van der Waals surface area (Å²) in [5, 5.41) is 8.70. The molecule has 1 aliphatic rings. The first-order chi connectivity index (χ1) is 15.0. The lowest BCUT2D eigenvalue weighted by atomic mass is 9.94. The van der Waals surface area contributed by atoms with Gasteiger partial charge in [0, 0.05) is 40.7 Å². The van der Waals surface area contributed by atoms with Crippen molar-refractivity contribution in [1.82, 2.24) is 24.9 Å². The quantitative estimate of drug-likeness (QED) is 0.505. The lowest BCUT2D eigenvalue weighted by Gasteiger charge is -2.24. The van der Waals surface area contributed by atoms with E-state index in [0.29, 0.717) is 30.9 Å². The van der Waals surface area contributed by atoms with Crippen molar-refractivity contribution in [2.45, 2.75) is 25.3 Å². The van der Waals surface area contributed by atoms with E-state index in [9.17, 15) is 8.42 Å². The molecule has 1 aliphatic heterocycles. The van der Waals surface area contributed by atoms with E-state index in [2.05, 4.69) is 21.5 Å². The van der Waals surface area contributed by atoms with Crippen LogP contribution in [0.4, 0.5) is 5.82 Å². The van der Waals surface area contributed by atoms with Crippen molar-refractivity contribution in [3.05, 3.63) is 54.0 Å². The van der Waals surface area contributed by atoms with Gasteiger partial charge in [-0.25, -0.2) is 13.4 Å². The molecule has 0 aliphatic carbocycles. The fraction of sp³-hybridized carbons (Fsp3) is 0.318. The number of nitrogens with zero attached hydrogens (tertiary/aromatic N) is 4. The average molecular weight is 437 g/mol. The van der Waals surface area contributed by atoms with Crippen molar-refractivity contribution in [2.24, 2.45) is 0 Å². The molecule has 0 saturated carbocycles. The van der Waals surface area contributed by atoms with Gasteiger partial charge in [-0.3, -0.25) is 4.98 Å². The summed E-state index contributed by atoms with van der Waals surface area (Å²) in [5.74, 6) is 0.952. The van der Waals surface area contributed by atoms with Gasteiger partial charge in [0.1, 0.15) is 15.7 Å². The average Bonchev–Trinajstić information content (AvgIpc) is 3.20. The number of aromatic nitrogens is 4. The molecular weight excluding hydrogens is 412 g/mol. The van der Waals surface area contributed by atoms with Gasteiger partial charge in [0.15, 0.2) is 5.65 Å². The van der Waals surface area contributed by atoms with E-state index in [1.54, 1.807) is 10.7 Å². The predicted molar refractivity (Wildman–Crippen MR) is 122 cm³/mol. The molecule has 1 saturated heterocycles. The molecule has 0 bridgehead atoms. The van der Waals surface area contributed by atoms with Gasteiger partial charge in [0.25, 0.3) is 0 Å². The van der Waals surface area contributed by atoms with Crippen molar-refractivity contribution in [3.8, 4) is 11.1 Å². The molecule has 3 N–H and O–H groups in total. The number of nitrogen functional groups attached to an aromatic ring is 1. The number of pyridine rings is 1. The maximum absolute atomic E-state index is 11.9. The Morgan fingerprint density at radius 1 is 1.19 bits per heavy atom. The van der Waals surface area contributed by atoms with Crippen molar-refractivity contribution < 1.29 is 8.42 Å². The summed E-state index contributed by atoms with van der Waals surface area (Å²) in [6.07, 6.45) is 4.71. The zero-order valence-corrected chi connectivity index (χ0v) is 18.1. The largest absolute Gasteiger partial charge is 0.383 e. The minimum absolute atomic E-state index is 0.0525. The van der Waals surface area contributed by atoms with Crippen molar-refractivity contribution in [2.75, 3.05) is 24.3 Å². The Morgan fingerprint density at radius 2 is 1.97 bits per heavy atom. The Kier molecular flexibility index (Phi) is 4.86. The number of hydrogen-bond donors (Lipinski definition) is 2. The van der Waals surface area contributed by atoms with Crippen LogP contribution in [0.1, 0.15) is 30.0 Å². The van der Waals surface area contributed by atoms with E-state index in [1.807, 2.05) is 37.5 Å². The van der Waals surface area contributed by atoms with Gasteiger partial charge >= 0.3 is 0 Å². The topological polar surface area (TPSA) is 115 Å². The summed E-state index contributed by atoms with van der Waals surface area (Å²) in [6.45, 7) is 0.542. The van der Waals surface area contributed by atoms with Gasteiger partial charge < -0.3 is 11.1 Å². The van der Waals surface area contributed by atoms with Gasteiger partial charge in [0.05, 0.1) is 28.9 Å². The molecule has 4 aromatic rings. The molecule has 0 atom stereocenters. The highest BCUT2D eigenvalue weighted by molar-refractivity contribution is 7.91. The standard InChI is InChI=1S/C22H24N6O2S/c1-24-12-18-20(14-6-8-31(29,30)9-7-14)27-22-17(13-26-28(22)21(18)23)16-10-15-4-2-3-5-19(15)25-11-16/h2-5,10-11,13-14,24H,6-9,12,23H2,1H3. The van der Waals surface area contributed by atoms with E-state index >= 15 is 0 Å². The van der Waals surface area contributed by atoms with E-state index in [0.717, 1.165) is 33.3 Å². The van der Waals surface area contributed by atoms with Gasteiger partial charge in [-0.15, -0.1) is 0 Å². The van der Waals surface area contributed by atoms with Crippen LogP contribution < -0.4 is 11.1 Å². The van der Waals surface area contributed by atoms with Crippen LogP contribution in [-0.2, 0) is 16.4 Å². The van der Waals surface area contributed by atoms with E-state index in [1.165, 1.54) is 0 Å². The zero-order chi connectivity index (χ0) is 21.6. The number of para-hydroxylation sites is 1. The summed E-state index contributed by atoms with van der Waals surface area (Å²) in [7, 11) is -1.11. The third-order valence-electron chi connectivity index (χ3n) is 6.01. The SMILES string of the molecule is CNCc1c(C2CCS(=O)(=O)CC2)nc2c(-c3cnc4ccccc4c3)cnn2c1N. The van der Waals surface area contributed by atoms with Crippen LogP contribution in [0.2, 0.25) is 0 Å². The van der Waals surface area contributed by atoms with Gasteiger partial charge in [0.2, 0.25) is 0 Å². The highest BCUT2D eigenvalue weighted by Crippen LogP contribution is 2.35. The fourth-order valence-corrected chi connectivity index (χ4v) is 5.84. The summed E-state index contributed by atoms with van der Waals surface area (Å²) in [6, 6.07) is 10.0. The number of fused-ring (bicyclic) bond motifs is 2. The van der Waals surface area contributed by atoms with Crippen LogP contribution >= 0.6 is 0 Å². The summed E-state index contributed by atoms with van der Waals surface area (Å²) in [4.78, 5) is 9.57. The third kappa shape index (κ3) is 3.53. The maximum atomic E-state index is 11.9. The molecule has 8 nitrogen and oxygen atoms in total. The number of nitrogens with two attached hydrogens (primary N) is 1. The highest BCUT2D eigenvalue weighted by atomic mass is 32.2.